The van der Waals surface area contributed by atoms with Gasteiger partial charge in [0, 0.05) is 0 Å². The number of hydrogen-bond acceptors (Lipinski definition) is 5. The second kappa shape index (κ2) is 7.67. The number of carboxylic acids is 1. The molecule has 0 radical (unpaired) electrons. The smallest absolute Gasteiger partial charge is 0.345 e. The number of methoxy groups -OCH3 is 2. The van der Waals surface area contributed by atoms with Crippen molar-refractivity contribution in [3.8, 4) is 11.5 Å². The predicted octanol–water partition coefficient (Wildman–Crippen LogP) is 2.76. The molecular weight excluding hydrogens is 300 g/mol. The zero-order chi connectivity index (χ0) is 17.6. The van der Waals surface area contributed by atoms with Crippen LogP contribution in [0, 0.1) is 5.41 Å². The molecule has 6 nitrogen and oxygen atoms in total. The third kappa shape index (κ3) is 5.32. The molecular formula is C17H22O6. The Bertz CT molecular complexity index is 588. The van der Waals surface area contributed by atoms with E-state index in [-0.39, 0.29) is 12.0 Å². The van der Waals surface area contributed by atoms with Crippen molar-refractivity contribution in [3.05, 3.63) is 29.3 Å². The van der Waals surface area contributed by atoms with Crippen molar-refractivity contribution in [2.45, 2.75) is 20.8 Å². The Hall–Kier alpha value is -2.50. The van der Waals surface area contributed by atoms with Gasteiger partial charge in [0.2, 0.25) is 0 Å². The van der Waals surface area contributed by atoms with Gasteiger partial charge in [-0.1, -0.05) is 26.8 Å². The number of benzene rings is 1. The second-order valence-corrected chi connectivity index (χ2v) is 6.08. The van der Waals surface area contributed by atoms with Gasteiger partial charge in [0.25, 0.3) is 0 Å². The number of hydrogen-bond donors (Lipinski definition) is 1. The summed E-state index contributed by atoms with van der Waals surface area (Å²) >= 11 is 0. The summed E-state index contributed by atoms with van der Waals surface area (Å²) in [6, 6.07) is 5.00. The van der Waals surface area contributed by atoms with Crippen molar-refractivity contribution in [1.29, 1.82) is 0 Å². The largest absolute Gasteiger partial charge is 0.496 e. The minimum absolute atomic E-state index is 0.111. The average Bonchev–Trinajstić information content (AvgIpc) is 2.48. The molecule has 0 aliphatic carbocycles. The molecule has 1 rings (SSSR count). The van der Waals surface area contributed by atoms with Gasteiger partial charge in [-0.3, -0.25) is 0 Å². The molecule has 23 heavy (non-hydrogen) atoms. The first-order chi connectivity index (χ1) is 10.7. The highest BCUT2D eigenvalue weighted by Crippen LogP contribution is 2.30. The highest BCUT2D eigenvalue weighted by molar-refractivity contribution is 6.17. The maximum Gasteiger partial charge on any atom is 0.345 e. The third-order valence-corrected chi connectivity index (χ3v) is 2.84. The molecule has 0 heterocycles. The van der Waals surface area contributed by atoms with Gasteiger partial charge in [-0.05, 0) is 23.6 Å². The Morgan fingerprint density at radius 2 is 1.65 bits per heavy atom. The van der Waals surface area contributed by atoms with Crippen molar-refractivity contribution in [3.63, 3.8) is 0 Å². The van der Waals surface area contributed by atoms with Crippen molar-refractivity contribution in [2.75, 3.05) is 20.8 Å². The summed E-state index contributed by atoms with van der Waals surface area (Å²) in [4.78, 5) is 23.5. The van der Waals surface area contributed by atoms with E-state index in [1.165, 1.54) is 20.3 Å². The van der Waals surface area contributed by atoms with Gasteiger partial charge in [-0.15, -0.1) is 0 Å². The summed E-state index contributed by atoms with van der Waals surface area (Å²) in [5, 5.41) is 9.31. The summed E-state index contributed by atoms with van der Waals surface area (Å²) in [5.41, 5.74) is -0.388. The fourth-order valence-electron chi connectivity index (χ4n) is 1.73. The van der Waals surface area contributed by atoms with Crippen molar-refractivity contribution >= 4 is 18.0 Å². The fraction of sp³-hybridized carbons (Fsp3) is 0.412. The minimum atomic E-state index is -1.38. The normalized spacial score (nSPS) is 11.8. The molecule has 1 N–H and O–H groups in total. The lowest BCUT2D eigenvalue weighted by Crippen LogP contribution is -2.22. The lowest BCUT2D eigenvalue weighted by Gasteiger charge is -2.18. The number of carboxylic acid groups (broad SMARTS) is 1. The third-order valence-electron chi connectivity index (χ3n) is 2.84. The minimum Gasteiger partial charge on any atom is -0.496 e. The molecule has 0 amide bonds. The molecule has 1 aromatic carbocycles. The van der Waals surface area contributed by atoms with Crippen LogP contribution in [0.25, 0.3) is 6.08 Å². The Morgan fingerprint density at radius 3 is 2.04 bits per heavy atom. The summed E-state index contributed by atoms with van der Waals surface area (Å²) < 4.78 is 15.5. The Labute approximate surface area is 135 Å². The van der Waals surface area contributed by atoms with E-state index in [1.807, 2.05) is 20.8 Å². The van der Waals surface area contributed by atoms with E-state index in [1.54, 1.807) is 18.2 Å². The Balaban J connectivity index is 3.23. The number of aliphatic carboxylic acids is 1. The van der Waals surface area contributed by atoms with Crippen LogP contribution in [-0.2, 0) is 14.3 Å². The van der Waals surface area contributed by atoms with Crippen LogP contribution in [0.4, 0.5) is 0 Å². The van der Waals surface area contributed by atoms with Crippen LogP contribution >= 0.6 is 0 Å². The van der Waals surface area contributed by atoms with Crippen LogP contribution in [0.1, 0.15) is 26.3 Å². The van der Waals surface area contributed by atoms with Crippen LogP contribution < -0.4 is 9.47 Å². The summed E-state index contributed by atoms with van der Waals surface area (Å²) in [5.74, 6) is -1.49. The van der Waals surface area contributed by atoms with Gasteiger partial charge in [-0.2, -0.15) is 0 Å². The monoisotopic (exact) mass is 322 g/mol. The SMILES string of the molecule is COc1cccc(OC)c1C=C(C(=O)O)C(=O)OCC(C)(C)C. The molecule has 1 aromatic rings. The standard InChI is InChI=1S/C17H22O6/c1-17(2,3)10-23-16(20)12(15(18)19)9-11-13(21-4)7-6-8-14(11)22-5/h6-9H,10H2,1-5H3,(H,18,19). The van der Waals surface area contributed by atoms with Gasteiger partial charge in [0.1, 0.15) is 17.1 Å². The molecule has 0 atom stereocenters. The summed E-state index contributed by atoms with van der Waals surface area (Å²) in [6.07, 6.45) is 1.20. The van der Waals surface area contributed by atoms with E-state index >= 15 is 0 Å². The quantitative estimate of drug-likeness (QED) is 0.375. The van der Waals surface area contributed by atoms with Gasteiger partial charge >= 0.3 is 11.9 Å². The molecule has 0 unspecified atom stereocenters. The molecule has 0 aromatic heterocycles. The first-order valence-corrected chi connectivity index (χ1v) is 7.02. The highest BCUT2D eigenvalue weighted by atomic mass is 16.5. The van der Waals surface area contributed by atoms with Gasteiger partial charge in [0.05, 0.1) is 26.4 Å². The van der Waals surface area contributed by atoms with Crippen LogP contribution in [0.2, 0.25) is 0 Å². The fourth-order valence-corrected chi connectivity index (χ4v) is 1.73. The molecule has 0 aliphatic heterocycles. The van der Waals surface area contributed by atoms with E-state index in [4.69, 9.17) is 14.2 Å². The molecule has 0 saturated heterocycles. The van der Waals surface area contributed by atoms with E-state index in [9.17, 15) is 14.7 Å². The van der Waals surface area contributed by atoms with Crippen molar-refractivity contribution in [1.82, 2.24) is 0 Å². The molecule has 0 saturated carbocycles. The molecule has 0 spiro atoms. The first-order valence-electron chi connectivity index (χ1n) is 7.02. The zero-order valence-electron chi connectivity index (χ0n) is 14.0. The molecule has 0 aliphatic rings. The summed E-state index contributed by atoms with van der Waals surface area (Å²) in [7, 11) is 2.90. The van der Waals surface area contributed by atoms with E-state index in [0.717, 1.165) is 0 Å². The number of ether oxygens (including phenoxy) is 3. The first kappa shape index (κ1) is 18.5. The van der Waals surface area contributed by atoms with Gasteiger partial charge in [-0.25, -0.2) is 9.59 Å². The van der Waals surface area contributed by atoms with Crippen molar-refractivity contribution in [2.24, 2.45) is 5.41 Å². The van der Waals surface area contributed by atoms with Gasteiger partial charge in [0.15, 0.2) is 0 Å². The zero-order valence-corrected chi connectivity index (χ0v) is 14.0. The van der Waals surface area contributed by atoms with E-state index < -0.39 is 17.5 Å². The van der Waals surface area contributed by atoms with E-state index in [0.29, 0.717) is 17.1 Å². The Morgan fingerprint density at radius 1 is 1.13 bits per heavy atom. The maximum atomic E-state index is 12.1. The topological polar surface area (TPSA) is 82.1 Å². The van der Waals surface area contributed by atoms with Crippen LogP contribution in [0.3, 0.4) is 0 Å². The Kier molecular flexibility index (Phi) is 6.18. The number of rotatable bonds is 6. The van der Waals surface area contributed by atoms with Gasteiger partial charge < -0.3 is 19.3 Å². The number of esters is 1. The maximum absolute atomic E-state index is 12.1. The molecule has 0 bridgehead atoms. The second-order valence-electron chi connectivity index (χ2n) is 6.08. The number of carbonyl (C=O) groups excluding carboxylic acids is 1. The highest BCUT2D eigenvalue weighted by Gasteiger charge is 2.23. The lowest BCUT2D eigenvalue weighted by molar-refractivity contribution is -0.146. The van der Waals surface area contributed by atoms with Crippen molar-refractivity contribution < 1.29 is 28.9 Å². The predicted molar refractivity (Wildman–Crippen MR) is 85.6 cm³/mol. The van der Waals surface area contributed by atoms with Crippen LogP contribution in [0.5, 0.6) is 11.5 Å². The molecule has 126 valence electrons. The lowest BCUT2D eigenvalue weighted by atomic mass is 9.99. The molecule has 0 fully saturated rings. The van der Waals surface area contributed by atoms with E-state index in [2.05, 4.69) is 0 Å². The molecule has 6 heteroatoms. The van der Waals surface area contributed by atoms with Crippen LogP contribution in [0.15, 0.2) is 23.8 Å². The average molecular weight is 322 g/mol. The summed E-state index contributed by atoms with van der Waals surface area (Å²) in [6.45, 7) is 5.76. The van der Waals surface area contributed by atoms with Crippen LogP contribution in [-0.4, -0.2) is 37.9 Å². The number of carbonyl (C=O) groups is 2.